The molecule has 0 aliphatic heterocycles. The van der Waals surface area contributed by atoms with Crippen LogP contribution in [0.15, 0.2) is 18.2 Å². The number of unbranched alkanes of at least 4 members (excludes halogenated alkanes) is 2. The van der Waals surface area contributed by atoms with Gasteiger partial charge in [0, 0.05) is 12.2 Å². The second kappa shape index (κ2) is 11.7. The summed E-state index contributed by atoms with van der Waals surface area (Å²) >= 11 is 0. The van der Waals surface area contributed by atoms with Crippen molar-refractivity contribution in [3.05, 3.63) is 23.8 Å². The van der Waals surface area contributed by atoms with E-state index >= 15 is 0 Å². The lowest BCUT2D eigenvalue weighted by molar-refractivity contribution is 0.142. The Hall–Kier alpha value is -1.75. The first-order valence-corrected chi connectivity index (χ1v) is 9.00. The number of nitrogens with zero attached hydrogens (tertiary/aromatic N) is 1. The molecule has 1 aromatic carbocycles. The number of carbonyl (C=O) groups excluding carboxylic acids is 1. The smallest absolute Gasteiger partial charge is 0.411 e. The van der Waals surface area contributed by atoms with E-state index in [0.717, 1.165) is 49.7 Å². The fourth-order valence-corrected chi connectivity index (χ4v) is 2.36. The molecular weight excluding hydrogens is 304 g/mol. The summed E-state index contributed by atoms with van der Waals surface area (Å²) in [6, 6.07) is 5.68. The predicted molar refractivity (Wildman–Crippen MR) is 99.0 cm³/mol. The maximum atomic E-state index is 11.9. The molecule has 0 bridgehead atoms. The summed E-state index contributed by atoms with van der Waals surface area (Å²) in [6.07, 6.45) is 3.01. The molecule has 1 amide bonds. The van der Waals surface area contributed by atoms with Gasteiger partial charge < -0.3 is 14.4 Å². The lowest BCUT2D eigenvalue weighted by Crippen LogP contribution is -2.28. The van der Waals surface area contributed by atoms with Gasteiger partial charge in [0.05, 0.1) is 6.61 Å². The molecule has 0 aliphatic carbocycles. The number of nitrogens with one attached hydrogen (secondary N) is 1. The van der Waals surface area contributed by atoms with Crippen molar-refractivity contribution >= 4 is 11.8 Å². The third-order valence-electron chi connectivity index (χ3n) is 3.99. The van der Waals surface area contributed by atoms with Gasteiger partial charge in [-0.2, -0.15) is 0 Å². The molecule has 1 aromatic rings. The minimum Gasteiger partial charge on any atom is -0.494 e. The van der Waals surface area contributed by atoms with Gasteiger partial charge in [-0.05, 0) is 50.2 Å². The van der Waals surface area contributed by atoms with Crippen molar-refractivity contribution in [2.75, 3.05) is 38.2 Å². The standard InChI is InChI=1S/C19H32N2O3/c1-5-8-9-13-23-17-10-11-18(16(4)15-17)20-19(22)24-14-12-21(6-2)7-3/h10-11,15H,5-9,12-14H2,1-4H3,(H,20,22). The summed E-state index contributed by atoms with van der Waals surface area (Å²) in [4.78, 5) is 14.1. The topological polar surface area (TPSA) is 50.8 Å². The number of aryl methyl sites for hydroxylation is 1. The average Bonchev–Trinajstić information content (AvgIpc) is 2.58. The van der Waals surface area contributed by atoms with Gasteiger partial charge in [-0.25, -0.2) is 4.79 Å². The minimum atomic E-state index is -0.415. The first-order valence-electron chi connectivity index (χ1n) is 9.00. The van der Waals surface area contributed by atoms with Gasteiger partial charge in [-0.3, -0.25) is 5.32 Å². The Bertz CT molecular complexity index is 488. The van der Waals surface area contributed by atoms with E-state index in [1.54, 1.807) is 0 Å². The molecule has 0 unspecified atom stereocenters. The molecule has 0 spiro atoms. The molecular formula is C19H32N2O3. The van der Waals surface area contributed by atoms with Crippen LogP contribution in [0.4, 0.5) is 10.5 Å². The third-order valence-corrected chi connectivity index (χ3v) is 3.99. The second-order valence-corrected chi connectivity index (χ2v) is 5.82. The molecule has 0 radical (unpaired) electrons. The Balaban J connectivity index is 2.40. The quantitative estimate of drug-likeness (QED) is 0.606. The number of ether oxygens (including phenoxy) is 2. The number of likely N-dealkylation sites (N-methyl/N-ethyl adjacent to an activating group) is 1. The van der Waals surface area contributed by atoms with Gasteiger partial charge in [0.15, 0.2) is 0 Å². The molecule has 0 aromatic heterocycles. The molecule has 0 aliphatic rings. The van der Waals surface area contributed by atoms with E-state index in [1.807, 2.05) is 25.1 Å². The third kappa shape index (κ3) is 7.68. The van der Waals surface area contributed by atoms with Crippen molar-refractivity contribution in [2.45, 2.75) is 47.0 Å². The summed E-state index contributed by atoms with van der Waals surface area (Å²) in [5.74, 6) is 0.837. The number of anilines is 1. The number of benzene rings is 1. The zero-order chi connectivity index (χ0) is 17.8. The molecule has 0 saturated heterocycles. The van der Waals surface area contributed by atoms with Gasteiger partial charge in [0.1, 0.15) is 12.4 Å². The highest BCUT2D eigenvalue weighted by Crippen LogP contribution is 2.21. The molecule has 1 N–H and O–H groups in total. The Kier molecular flexibility index (Phi) is 9.92. The zero-order valence-corrected chi connectivity index (χ0v) is 15.6. The van der Waals surface area contributed by atoms with Crippen LogP contribution in [-0.4, -0.2) is 43.8 Å². The highest BCUT2D eigenvalue weighted by atomic mass is 16.5. The van der Waals surface area contributed by atoms with E-state index in [1.165, 1.54) is 12.8 Å². The monoisotopic (exact) mass is 336 g/mol. The maximum absolute atomic E-state index is 11.9. The maximum Gasteiger partial charge on any atom is 0.411 e. The highest BCUT2D eigenvalue weighted by molar-refractivity contribution is 5.85. The summed E-state index contributed by atoms with van der Waals surface area (Å²) in [6.45, 7) is 12.1. The Morgan fingerprint density at radius 3 is 2.50 bits per heavy atom. The predicted octanol–water partition coefficient (Wildman–Crippen LogP) is 4.45. The molecule has 24 heavy (non-hydrogen) atoms. The number of amides is 1. The van der Waals surface area contributed by atoms with Crippen LogP contribution in [0.1, 0.15) is 45.6 Å². The molecule has 0 saturated carbocycles. The fourth-order valence-electron chi connectivity index (χ4n) is 2.36. The van der Waals surface area contributed by atoms with Crippen molar-refractivity contribution in [3.63, 3.8) is 0 Å². The first kappa shape index (κ1) is 20.3. The van der Waals surface area contributed by atoms with Crippen molar-refractivity contribution < 1.29 is 14.3 Å². The van der Waals surface area contributed by atoms with Gasteiger partial charge in [-0.15, -0.1) is 0 Å². The molecule has 0 fully saturated rings. The normalized spacial score (nSPS) is 10.7. The highest BCUT2D eigenvalue weighted by Gasteiger charge is 2.08. The number of carbonyl (C=O) groups is 1. The van der Waals surface area contributed by atoms with Crippen LogP contribution in [-0.2, 0) is 4.74 Å². The summed E-state index contributed by atoms with van der Waals surface area (Å²) in [7, 11) is 0. The van der Waals surface area contributed by atoms with E-state index in [0.29, 0.717) is 6.61 Å². The van der Waals surface area contributed by atoms with Crippen LogP contribution in [0.2, 0.25) is 0 Å². The van der Waals surface area contributed by atoms with Crippen LogP contribution in [0.25, 0.3) is 0 Å². The second-order valence-electron chi connectivity index (χ2n) is 5.82. The number of hydrogen-bond acceptors (Lipinski definition) is 4. The molecule has 1 rings (SSSR count). The number of hydrogen-bond donors (Lipinski definition) is 1. The summed E-state index contributed by atoms with van der Waals surface area (Å²) in [5.41, 5.74) is 1.72. The Morgan fingerprint density at radius 2 is 1.88 bits per heavy atom. The Labute approximate surface area is 146 Å². The van der Waals surface area contributed by atoms with Crippen molar-refractivity contribution in [3.8, 4) is 5.75 Å². The Morgan fingerprint density at radius 1 is 1.12 bits per heavy atom. The molecule has 5 nitrogen and oxygen atoms in total. The average molecular weight is 336 g/mol. The molecule has 136 valence electrons. The van der Waals surface area contributed by atoms with Crippen molar-refractivity contribution in [1.82, 2.24) is 4.90 Å². The van der Waals surface area contributed by atoms with E-state index in [-0.39, 0.29) is 0 Å². The van der Waals surface area contributed by atoms with Gasteiger partial charge in [-0.1, -0.05) is 33.6 Å². The van der Waals surface area contributed by atoms with Gasteiger partial charge in [0.25, 0.3) is 0 Å². The molecule has 5 heteroatoms. The van der Waals surface area contributed by atoms with Crippen LogP contribution in [0, 0.1) is 6.92 Å². The SMILES string of the molecule is CCCCCOc1ccc(NC(=O)OCCN(CC)CC)c(C)c1. The first-order chi connectivity index (χ1) is 11.6. The van der Waals surface area contributed by atoms with Crippen LogP contribution >= 0.6 is 0 Å². The zero-order valence-electron chi connectivity index (χ0n) is 15.6. The van der Waals surface area contributed by atoms with E-state index in [4.69, 9.17) is 9.47 Å². The molecule has 0 atom stereocenters. The van der Waals surface area contributed by atoms with Crippen LogP contribution in [0.5, 0.6) is 5.75 Å². The lowest BCUT2D eigenvalue weighted by Gasteiger charge is -2.17. The van der Waals surface area contributed by atoms with E-state index in [9.17, 15) is 4.79 Å². The van der Waals surface area contributed by atoms with E-state index < -0.39 is 6.09 Å². The van der Waals surface area contributed by atoms with Crippen molar-refractivity contribution in [1.29, 1.82) is 0 Å². The minimum absolute atomic E-state index is 0.394. The van der Waals surface area contributed by atoms with Crippen LogP contribution in [0.3, 0.4) is 0 Å². The summed E-state index contributed by atoms with van der Waals surface area (Å²) < 4.78 is 10.9. The van der Waals surface area contributed by atoms with Crippen LogP contribution < -0.4 is 10.1 Å². The number of rotatable bonds is 11. The largest absolute Gasteiger partial charge is 0.494 e. The van der Waals surface area contributed by atoms with Gasteiger partial charge >= 0.3 is 6.09 Å². The van der Waals surface area contributed by atoms with Gasteiger partial charge in [0.2, 0.25) is 0 Å². The summed E-state index contributed by atoms with van der Waals surface area (Å²) in [5, 5.41) is 2.79. The fraction of sp³-hybridized carbons (Fsp3) is 0.632. The lowest BCUT2D eigenvalue weighted by atomic mass is 10.2. The molecule has 0 heterocycles. The van der Waals surface area contributed by atoms with Crippen molar-refractivity contribution in [2.24, 2.45) is 0 Å². The van der Waals surface area contributed by atoms with E-state index in [2.05, 4.69) is 31.0 Å².